The first-order valence-electron chi connectivity index (χ1n) is 6.64. The third-order valence-corrected chi connectivity index (χ3v) is 3.88. The van der Waals surface area contributed by atoms with Crippen LogP contribution >= 0.6 is 0 Å². The molecule has 0 saturated heterocycles. The maximum absolute atomic E-state index is 11.9. The van der Waals surface area contributed by atoms with Crippen LogP contribution in [0.4, 0.5) is 10.5 Å². The lowest BCUT2D eigenvalue weighted by atomic mass is 9.85. The van der Waals surface area contributed by atoms with Crippen LogP contribution in [-0.2, 0) is 4.79 Å². The number of carboxylic acid groups (broad SMARTS) is 1. The van der Waals surface area contributed by atoms with Gasteiger partial charge in [0.15, 0.2) is 0 Å². The van der Waals surface area contributed by atoms with Crippen molar-refractivity contribution in [3.63, 3.8) is 0 Å². The van der Waals surface area contributed by atoms with Gasteiger partial charge in [-0.2, -0.15) is 0 Å². The minimum atomic E-state index is -0.887. The smallest absolute Gasteiger partial charge is 0.319 e. The Morgan fingerprint density at radius 2 is 2.20 bits per heavy atom. The number of nitrogens with one attached hydrogen (secondary N) is 2. The average Bonchev–Trinajstić information content (AvgIpc) is 2.72. The van der Waals surface area contributed by atoms with E-state index in [1.807, 2.05) is 6.92 Å². The summed E-state index contributed by atoms with van der Waals surface area (Å²) in [6.45, 7) is 3.57. The third kappa shape index (κ3) is 2.89. The number of carbonyl (C=O) groups excluding carboxylic acids is 1. The van der Waals surface area contributed by atoms with E-state index in [-0.39, 0.29) is 6.04 Å². The molecule has 0 aliphatic heterocycles. The monoisotopic (exact) mass is 277 g/mol. The lowest BCUT2D eigenvalue weighted by Gasteiger charge is -2.27. The number of carboxylic acids is 1. The number of hydrogen-bond donors (Lipinski definition) is 3. The van der Waals surface area contributed by atoms with Crippen molar-refractivity contribution >= 4 is 17.7 Å². The molecule has 1 fully saturated rings. The van der Waals surface area contributed by atoms with Gasteiger partial charge < -0.3 is 15.7 Å². The normalized spacial score (nSPS) is 25.2. The molecule has 108 valence electrons. The molecule has 1 heterocycles. The third-order valence-electron chi connectivity index (χ3n) is 3.88. The van der Waals surface area contributed by atoms with Crippen molar-refractivity contribution in [1.82, 2.24) is 10.3 Å². The summed E-state index contributed by atoms with van der Waals surface area (Å²) in [5, 5.41) is 14.7. The number of amides is 2. The van der Waals surface area contributed by atoms with Gasteiger partial charge in [-0.05, 0) is 38.3 Å². The van der Waals surface area contributed by atoms with Gasteiger partial charge in [-0.1, -0.05) is 6.42 Å². The van der Waals surface area contributed by atoms with Crippen molar-refractivity contribution in [2.24, 2.45) is 5.41 Å². The van der Waals surface area contributed by atoms with Gasteiger partial charge in [0, 0.05) is 12.2 Å². The number of aliphatic carboxylic acids is 1. The predicted octanol–water partition coefficient (Wildman–Crippen LogP) is 2.15. The molecular weight excluding hydrogens is 258 g/mol. The van der Waals surface area contributed by atoms with E-state index in [9.17, 15) is 14.7 Å². The highest BCUT2D eigenvalue weighted by atomic mass is 16.4. The maximum Gasteiger partial charge on any atom is 0.319 e. The summed E-state index contributed by atoms with van der Waals surface area (Å²) in [5.74, 6) is -0.863. The standard InChI is InChI=1S/C14H19N3O3/c1-9-6-10(8-15-7-9)16-13(20)17-11-4-3-5-14(11,2)12(18)19/h6-8,11H,3-5H2,1-2H3,(H,18,19)(H2,16,17,20). The summed E-state index contributed by atoms with van der Waals surface area (Å²) in [6.07, 6.45) is 5.32. The highest BCUT2D eigenvalue weighted by Crippen LogP contribution is 2.38. The molecule has 0 aromatic carbocycles. The molecule has 2 amide bonds. The highest BCUT2D eigenvalue weighted by Gasteiger charge is 2.45. The summed E-state index contributed by atoms with van der Waals surface area (Å²) >= 11 is 0. The molecule has 0 bridgehead atoms. The lowest BCUT2D eigenvalue weighted by molar-refractivity contribution is -0.148. The molecule has 1 aliphatic rings. The number of pyridine rings is 1. The zero-order valence-corrected chi connectivity index (χ0v) is 11.6. The molecule has 1 aromatic rings. The van der Waals surface area contributed by atoms with Crippen LogP contribution in [0.5, 0.6) is 0 Å². The maximum atomic E-state index is 11.9. The van der Waals surface area contributed by atoms with Crippen molar-refractivity contribution in [2.45, 2.75) is 39.2 Å². The zero-order valence-electron chi connectivity index (χ0n) is 11.6. The highest BCUT2D eigenvalue weighted by molar-refractivity contribution is 5.90. The van der Waals surface area contributed by atoms with Gasteiger partial charge in [0.1, 0.15) is 0 Å². The molecule has 2 unspecified atom stereocenters. The molecule has 6 heteroatoms. The lowest BCUT2D eigenvalue weighted by Crippen LogP contribution is -2.48. The summed E-state index contributed by atoms with van der Waals surface area (Å²) in [6, 6.07) is 1.06. The van der Waals surface area contributed by atoms with Gasteiger partial charge in [0.05, 0.1) is 17.3 Å². The summed E-state index contributed by atoms with van der Waals surface area (Å²) in [4.78, 5) is 27.3. The molecule has 3 N–H and O–H groups in total. The van der Waals surface area contributed by atoms with E-state index < -0.39 is 17.4 Å². The Hall–Kier alpha value is -2.11. The summed E-state index contributed by atoms with van der Waals surface area (Å²) in [5.41, 5.74) is 0.652. The number of aromatic nitrogens is 1. The molecule has 6 nitrogen and oxygen atoms in total. The van der Waals surface area contributed by atoms with Crippen molar-refractivity contribution in [1.29, 1.82) is 0 Å². The molecule has 0 spiro atoms. The van der Waals surface area contributed by atoms with Gasteiger partial charge in [-0.25, -0.2) is 4.79 Å². The second kappa shape index (κ2) is 5.48. The zero-order chi connectivity index (χ0) is 14.8. The molecule has 1 aromatic heterocycles. The Morgan fingerprint density at radius 1 is 1.45 bits per heavy atom. The first kappa shape index (κ1) is 14.3. The van der Waals surface area contributed by atoms with Crippen LogP contribution in [-0.4, -0.2) is 28.1 Å². The number of urea groups is 1. The van der Waals surface area contributed by atoms with Gasteiger partial charge in [-0.3, -0.25) is 9.78 Å². The van der Waals surface area contributed by atoms with Crippen LogP contribution in [0.15, 0.2) is 18.5 Å². The summed E-state index contributed by atoms with van der Waals surface area (Å²) < 4.78 is 0. The van der Waals surface area contributed by atoms with E-state index in [2.05, 4.69) is 15.6 Å². The van der Waals surface area contributed by atoms with Crippen molar-refractivity contribution in [3.8, 4) is 0 Å². The largest absolute Gasteiger partial charge is 0.481 e. The topological polar surface area (TPSA) is 91.3 Å². The van der Waals surface area contributed by atoms with Crippen LogP contribution in [0.2, 0.25) is 0 Å². The Labute approximate surface area is 117 Å². The minimum absolute atomic E-state index is 0.349. The SMILES string of the molecule is Cc1cncc(NC(=O)NC2CCCC2(C)C(=O)O)c1. The Balaban J connectivity index is 2.00. The van der Waals surface area contributed by atoms with E-state index in [1.54, 1.807) is 25.4 Å². The molecule has 2 atom stereocenters. The molecule has 1 aliphatic carbocycles. The van der Waals surface area contributed by atoms with Crippen LogP contribution in [0.3, 0.4) is 0 Å². The van der Waals surface area contributed by atoms with Crippen molar-refractivity contribution < 1.29 is 14.7 Å². The molecule has 2 rings (SSSR count). The molecule has 0 radical (unpaired) electrons. The second-order valence-corrected chi connectivity index (χ2v) is 5.52. The van der Waals surface area contributed by atoms with E-state index in [0.717, 1.165) is 12.0 Å². The average molecular weight is 277 g/mol. The van der Waals surface area contributed by atoms with Gasteiger partial charge in [-0.15, -0.1) is 0 Å². The summed E-state index contributed by atoms with van der Waals surface area (Å²) in [7, 11) is 0. The first-order valence-corrected chi connectivity index (χ1v) is 6.64. The number of carbonyl (C=O) groups is 2. The fourth-order valence-electron chi connectivity index (χ4n) is 2.60. The van der Waals surface area contributed by atoms with E-state index in [0.29, 0.717) is 18.5 Å². The second-order valence-electron chi connectivity index (χ2n) is 5.52. The molecular formula is C14H19N3O3. The molecule has 1 saturated carbocycles. The van der Waals surface area contributed by atoms with Gasteiger partial charge >= 0.3 is 12.0 Å². The van der Waals surface area contributed by atoms with Crippen molar-refractivity contribution in [2.75, 3.05) is 5.32 Å². The van der Waals surface area contributed by atoms with Gasteiger partial charge in [0.25, 0.3) is 0 Å². The Morgan fingerprint density at radius 3 is 2.85 bits per heavy atom. The van der Waals surface area contributed by atoms with E-state index in [1.165, 1.54) is 0 Å². The number of aryl methyl sites for hydroxylation is 1. The van der Waals surface area contributed by atoms with Crippen LogP contribution in [0.25, 0.3) is 0 Å². The van der Waals surface area contributed by atoms with Crippen LogP contribution in [0.1, 0.15) is 31.7 Å². The van der Waals surface area contributed by atoms with E-state index in [4.69, 9.17) is 0 Å². The first-order chi connectivity index (χ1) is 9.41. The Kier molecular flexibility index (Phi) is 3.92. The van der Waals surface area contributed by atoms with Crippen LogP contribution < -0.4 is 10.6 Å². The van der Waals surface area contributed by atoms with E-state index >= 15 is 0 Å². The number of anilines is 1. The minimum Gasteiger partial charge on any atom is -0.481 e. The molecule has 20 heavy (non-hydrogen) atoms. The number of rotatable bonds is 3. The Bertz CT molecular complexity index is 532. The van der Waals surface area contributed by atoms with Crippen molar-refractivity contribution in [3.05, 3.63) is 24.0 Å². The fourth-order valence-corrected chi connectivity index (χ4v) is 2.60. The van der Waals surface area contributed by atoms with Gasteiger partial charge in [0.2, 0.25) is 0 Å². The predicted molar refractivity (Wildman–Crippen MR) is 74.5 cm³/mol. The quantitative estimate of drug-likeness (QED) is 0.789. The number of hydrogen-bond acceptors (Lipinski definition) is 3. The number of nitrogens with zero attached hydrogens (tertiary/aromatic N) is 1. The fraction of sp³-hybridized carbons (Fsp3) is 0.500. The van der Waals surface area contributed by atoms with Crippen LogP contribution in [0, 0.1) is 12.3 Å².